The van der Waals surface area contributed by atoms with Gasteiger partial charge in [0.1, 0.15) is 5.75 Å². The van der Waals surface area contributed by atoms with Crippen LogP contribution in [0.4, 0.5) is 8.78 Å². The maximum absolute atomic E-state index is 12.9. The third-order valence-electron chi connectivity index (χ3n) is 3.41. The van der Waals surface area contributed by atoms with E-state index in [4.69, 9.17) is 0 Å². The van der Waals surface area contributed by atoms with Gasteiger partial charge in [-0.25, -0.2) is 8.78 Å². The van der Waals surface area contributed by atoms with Crippen LogP contribution in [0, 0.1) is 7.14 Å². The summed E-state index contributed by atoms with van der Waals surface area (Å²) in [4.78, 5) is 2.03. The molecule has 20 heavy (non-hydrogen) atoms. The van der Waals surface area contributed by atoms with E-state index in [-0.39, 0.29) is 12.2 Å². The van der Waals surface area contributed by atoms with Crippen molar-refractivity contribution in [2.75, 3.05) is 26.2 Å². The highest BCUT2D eigenvalue weighted by Gasteiger charge is 2.28. The Morgan fingerprint density at radius 1 is 1.25 bits per heavy atom. The summed E-state index contributed by atoms with van der Waals surface area (Å²) in [5.74, 6) is 0.134. The molecule has 112 valence electrons. The maximum atomic E-state index is 12.9. The summed E-state index contributed by atoms with van der Waals surface area (Å²) in [6, 6.07) is 3.23. The fraction of sp³-hybridized carbons (Fsp3) is 0.538. The van der Waals surface area contributed by atoms with E-state index in [0.29, 0.717) is 9.13 Å². The van der Waals surface area contributed by atoms with Crippen molar-refractivity contribution < 1.29 is 13.9 Å². The topological polar surface area (TPSA) is 35.5 Å². The number of benzene rings is 1. The average molecular weight is 508 g/mol. The lowest BCUT2D eigenvalue weighted by Gasteiger charge is -2.35. The smallest absolute Gasteiger partial charge is 0.240 e. The number of hydrogen-bond donors (Lipinski definition) is 2. The summed E-state index contributed by atoms with van der Waals surface area (Å²) in [6.45, 7) is 3.03. The largest absolute Gasteiger partial charge is 0.506 e. The Bertz CT molecular complexity index is 468. The molecule has 0 aromatic heterocycles. The van der Waals surface area contributed by atoms with Crippen LogP contribution in [-0.2, 0) is 0 Å². The minimum atomic E-state index is -2.38. The molecule has 0 bridgehead atoms. The minimum absolute atomic E-state index is 0.134. The van der Waals surface area contributed by atoms with Crippen molar-refractivity contribution in [2.45, 2.75) is 18.9 Å². The van der Waals surface area contributed by atoms with E-state index in [1.165, 1.54) is 0 Å². The molecule has 1 heterocycles. The van der Waals surface area contributed by atoms with Crippen LogP contribution < -0.4 is 5.32 Å². The van der Waals surface area contributed by atoms with Crippen molar-refractivity contribution in [3.05, 3.63) is 24.8 Å². The third-order valence-corrected chi connectivity index (χ3v) is 4.86. The fourth-order valence-electron chi connectivity index (χ4n) is 2.48. The first-order chi connectivity index (χ1) is 9.49. The van der Waals surface area contributed by atoms with Crippen molar-refractivity contribution in [3.8, 4) is 5.75 Å². The van der Waals surface area contributed by atoms with Crippen LogP contribution in [0.2, 0.25) is 0 Å². The van der Waals surface area contributed by atoms with Gasteiger partial charge in [-0.15, -0.1) is 0 Å². The number of aromatic hydroxyl groups is 1. The summed E-state index contributed by atoms with van der Waals surface area (Å²) in [7, 11) is 0. The van der Waals surface area contributed by atoms with E-state index in [0.717, 1.165) is 29.7 Å². The van der Waals surface area contributed by atoms with Crippen LogP contribution >= 0.6 is 45.2 Å². The van der Waals surface area contributed by atoms with Crippen LogP contribution in [0.25, 0.3) is 0 Å². The molecule has 0 aliphatic carbocycles. The molecule has 0 unspecified atom stereocenters. The van der Waals surface area contributed by atoms with Crippen molar-refractivity contribution in [2.24, 2.45) is 0 Å². The zero-order valence-electron chi connectivity index (χ0n) is 10.8. The predicted octanol–water partition coefficient (Wildman–Crippen LogP) is 3.20. The number of nitrogens with one attached hydrogen (secondary N) is 1. The zero-order valence-corrected chi connectivity index (χ0v) is 15.1. The Morgan fingerprint density at radius 3 is 2.50 bits per heavy atom. The number of hydrogen-bond acceptors (Lipinski definition) is 3. The molecule has 3 nitrogen and oxygen atoms in total. The molecule has 1 atom stereocenters. The second kappa shape index (κ2) is 7.50. The van der Waals surface area contributed by atoms with Crippen LogP contribution in [0.1, 0.15) is 18.0 Å². The molecular weight excluding hydrogens is 492 g/mol. The normalized spacial score (nSPS) is 18.4. The van der Waals surface area contributed by atoms with Crippen LogP contribution in [0.15, 0.2) is 12.1 Å². The van der Waals surface area contributed by atoms with Gasteiger partial charge in [0.25, 0.3) is 0 Å². The Morgan fingerprint density at radius 2 is 1.90 bits per heavy atom. The second-order valence-electron chi connectivity index (χ2n) is 4.75. The van der Waals surface area contributed by atoms with E-state index in [1.54, 1.807) is 0 Å². The lowest BCUT2D eigenvalue weighted by atomic mass is 10.0. The lowest BCUT2D eigenvalue weighted by molar-refractivity contribution is 0.0729. The number of nitrogens with zero attached hydrogens (tertiary/aromatic N) is 1. The molecule has 1 aromatic rings. The molecule has 1 aliphatic heterocycles. The number of halogens is 4. The van der Waals surface area contributed by atoms with Crippen LogP contribution in [0.5, 0.6) is 5.75 Å². The number of phenolic OH excluding ortho intramolecular Hbond substituents is 1. The molecule has 0 amide bonds. The fourth-order valence-corrected chi connectivity index (χ4v) is 4.36. The average Bonchev–Trinajstić information content (AvgIpc) is 2.41. The highest BCUT2D eigenvalue weighted by Crippen LogP contribution is 2.37. The van der Waals surface area contributed by atoms with Gasteiger partial charge in [-0.05, 0) is 57.3 Å². The molecule has 1 fully saturated rings. The summed E-state index contributed by atoms with van der Waals surface area (Å²) in [5, 5.41) is 13.5. The van der Waals surface area contributed by atoms with Gasteiger partial charge in [-0.2, -0.15) is 0 Å². The summed E-state index contributed by atoms with van der Waals surface area (Å²) in [6.07, 6.45) is -2.63. The van der Waals surface area contributed by atoms with Gasteiger partial charge in [0.15, 0.2) is 0 Å². The van der Waals surface area contributed by atoms with Crippen molar-refractivity contribution >= 4 is 45.2 Å². The van der Waals surface area contributed by atoms with Gasteiger partial charge in [-0.1, -0.05) is 0 Å². The second-order valence-corrected chi connectivity index (χ2v) is 7.16. The van der Waals surface area contributed by atoms with Gasteiger partial charge in [0, 0.05) is 47.8 Å². The zero-order chi connectivity index (χ0) is 14.7. The van der Waals surface area contributed by atoms with E-state index in [2.05, 4.69) is 27.9 Å². The standard InChI is InChI=1S/C13H16F2I2N2O/c14-12(15)7-11(19-3-1-18-2-4-19)9-5-8(16)6-10(17)13(9)20/h5-6,11-12,18,20H,1-4,7H2/t11-/m1/s1. The lowest BCUT2D eigenvalue weighted by Crippen LogP contribution is -2.45. The van der Waals surface area contributed by atoms with Gasteiger partial charge in [0.2, 0.25) is 6.43 Å². The molecule has 2 N–H and O–H groups in total. The Balaban J connectivity index is 2.34. The molecule has 0 saturated carbocycles. The number of phenols is 1. The molecule has 1 aliphatic rings. The number of rotatable bonds is 4. The first kappa shape index (κ1) is 16.6. The van der Waals surface area contributed by atoms with Gasteiger partial charge < -0.3 is 10.4 Å². The monoisotopic (exact) mass is 508 g/mol. The number of piperazine rings is 1. The molecule has 0 spiro atoms. The Labute approximate surface area is 144 Å². The van der Waals surface area contributed by atoms with E-state index in [9.17, 15) is 13.9 Å². The molecule has 1 saturated heterocycles. The maximum Gasteiger partial charge on any atom is 0.240 e. The molecule has 2 rings (SSSR count). The van der Waals surface area contributed by atoms with Crippen molar-refractivity contribution in [3.63, 3.8) is 0 Å². The van der Waals surface area contributed by atoms with E-state index < -0.39 is 12.5 Å². The SMILES string of the molecule is Oc1c(I)cc(I)cc1[C@@H](CC(F)F)N1CCNCC1. The van der Waals surface area contributed by atoms with Crippen molar-refractivity contribution in [1.82, 2.24) is 10.2 Å². The summed E-state index contributed by atoms with van der Waals surface area (Å²) in [5.41, 5.74) is 0.614. The van der Waals surface area contributed by atoms with Gasteiger partial charge in [0.05, 0.1) is 3.57 Å². The predicted molar refractivity (Wildman–Crippen MR) is 91.3 cm³/mol. The molecular formula is C13H16F2I2N2O. The summed E-state index contributed by atoms with van der Waals surface area (Å²) >= 11 is 4.19. The van der Waals surface area contributed by atoms with Crippen LogP contribution in [-0.4, -0.2) is 42.6 Å². The minimum Gasteiger partial charge on any atom is -0.506 e. The van der Waals surface area contributed by atoms with Crippen molar-refractivity contribution in [1.29, 1.82) is 0 Å². The Hall–Kier alpha value is 0.260. The molecule has 0 radical (unpaired) electrons. The molecule has 7 heteroatoms. The van der Waals surface area contributed by atoms with Crippen LogP contribution in [0.3, 0.4) is 0 Å². The number of alkyl halides is 2. The summed E-state index contributed by atoms with van der Waals surface area (Å²) < 4.78 is 27.5. The molecule has 1 aromatic carbocycles. The Kier molecular flexibility index (Phi) is 6.24. The first-order valence-electron chi connectivity index (χ1n) is 6.40. The third kappa shape index (κ3) is 4.14. The van der Waals surface area contributed by atoms with E-state index >= 15 is 0 Å². The quantitative estimate of drug-likeness (QED) is 0.614. The first-order valence-corrected chi connectivity index (χ1v) is 8.55. The highest BCUT2D eigenvalue weighted by atomic mass is 127. The van der Waals surface area contributed by atoms with Gasteiger partial charge >= 0.3 is 0 Å². The highest BCUT2D eigenvalue weighted by molar-refractivity contribution is 14.1. The van der Waals surface area contributed by atoms with E-state index in [1.807, 2.05) is 39.6 Å². The van der Waals surface area contributed by atoms with Gasteiger partial charge in [-0.3, -0.25) is 4.90 Å².